The van der Waals surface area contributed by atoms with E-state index >= 15 is 0 Å². The van der Waals surface area contributed by atoms with Gasteiger partial charge >= 0.3 is 0 Å². The molecule has 0 fully saturated rings. The molecule has 1 rings (SSSR count). The second kappa shape index (κ2) is 16.4. The molecule has 9 heteroatoms. The van der Waals surface area contributed by atoms with Crippen LogP contribution in [0.25, 0.3) is 0 Å². The molecule has 1 aromatic heterocycles. The molecule has 0 saturated carbocycles. The van der Waals surface area contributed by atoms with Gasteiger partial charge in [-0.1, -0.05) is 18.6 Å². The topological polar surface area (TPSA) is 112 Å². The number of likely N-dealkylation sites (N-methyl/N-ethyl adjacent to an activating group) is 1. The summed E-state index contributed by atoms with van der Waals surface area (Å²) in [6.45, 7) is 6.44. The summed E-state index contributed by atoms with van der Waals surface area (Å²) in [5.41, 5.74) is 6.51. The van der Waals surface area contributed by atoms with Gasteiger partial charge < -0.3 is 15.8 Å². The number of carbonyl (C=O) groups excluding carboxylic acids is 2. The third-order valence-corrected chi connectivity index (χ3v) is 7.04. The number of rotatable bonds is 19. The van der Waals surface area contributed by atoms with Gasteiger partial charge in [-0.25, -0.2) is 4.68 Å². The molecule has 0 saturated heterocycles. The van der Waals surface area contributed by atoms with Crippen molar-refractivity contribution in [3.05, 3.63) is 11.9 Å². The molecule has 3 atom stereocenters. The standard InChI is InChI=1S/C22H42N5O3S/c1-5-12-30-13-11-27-16-20(25-26-27)17-31(4)14-9-19(18(2)28)15-22(29)21(24-3)8-6-7-10-23/h16,19,21,24H,5-15,17,23H2,1-4H3/q+1/t19-,21+,31?/m1/s1. The lowest BCUT2D eigenvalue weighted by molar-refractivity contribution is -0.127. The van der Waals surface area contributed by atoms with E-state index in [-0.39, 0.29) is 34.4 Å². The molecule has 1 heterocycles. The SMILES string of the molecule is CCCOCCn1cc(C[S+](C)CC[C@H](CC(=O)[C@H](CCCCN)NC)C(C)=O)nn1. The maximum absolute atomic E-state index is 12.7. The fraction of sp³-hybridized carbons (Fsp3) is 0.818. The van der Waals surface area contributed by atoms with E-state index in [0.29, 0.717) is 26.1 Å². The Morgan fingerprint density at radius 2 is 2.06 bits per heavy atom. The molecule has 0 aliphatic rings. The second-order valence-corrected chi connectivity index (χ2v) is 10.4. The van der Waals surface area contributed by atoms with E-state index in [2.05, 4.69) is 28.8 Å². The number of hydrogen-bond acceptors (Lipinski definition) is 7. The first-order valence-corrected chi connectivity index (χ1v) is 13.3. The maximum Gasteiger partial charge on any atom is 0.153 e. The number of carbonyl (C=O) groups is 2. The highest BCUT2D eigenvalue weighted by atomic mass is 32.2. The van der Waals surface area contributed by atoms with Crippen LogP contribution in [-0.2, 0) is 37.5 Å². The summed E-state index contributed by atoms with van der Waals surface area (Å²) in [5, 5.41) is 11.5. The van der Waals surface area contributed by atoms with Gasteiger partial charge in [0.15, 0.2) is 5.75 Å². The van der Waals surface area contributed by atoms with Crippen LogP contribution in [0.2, 0.25) is 0 Å². The minimum absolute atomic E-state index is 0.0729. The van der Waals surface area contributed by atoms with Crippen LogP contribution >= 0.6 is 0 Å². The summed E-state index contributed by atoms with van der Waals surface area (Å²) < 4.78 is 7.31. The van der Waals surface area contributed by atoms with Crippen molar-refractivity contribution in [2.24, 2.45) is 11.7 Å². The van der Waals surface area contributed by atoms with Crippen molar-refractivity contribution < 1.29 is 14.3 Å². The Hall–Kier alpha value is -1.29. The van der Waals surface area contributed by atoms with Gasteiger partial charge in [0.1, 0.15) is 23.0 Å². The largest absolute Gasteiger partial charge is 0.380 e. The average Bonchev–Trinajstić information content (AvgIpc) is 3.18. The van der Waals surface area contributed by atoms with Gasteiger partial charge in [0.25, 0.3) is 0 Å². The molecule has 0 bridgehead atoms. The van der Waals surface area contributed by atoms with E-state index in [4.69, 9.17) is 10.5 Å². The zero-order valence-corrected chi connectivity index (χ0v) is 20.6. The lowest BCUT2D eigenvalue weighted by Crippen LogP contribution is -2.36. The maximum atomic E-state index is 12.7. The Balaban J connectivity index is 2.45. The zero-order chi connectivity index (χ0) is 23.1. The van der Waals surface area contributed by atoms with E-state index in [9.17, 15) is 9.59 Å². The Morgan fingerprint density at radius 1 is 1.29 bits per heavy atom. The number of nitrogens with two attached hydrogens (primary N) is 1. The lowest BCUT2D eigenvalue weighted by atomic mass is 9.91. The van der Waals surface area contributed by atoms with Gasteiger partial charge in [0.05, 0.1) is 31.6 Å². The number of unbranched alkanes of at least 4 members (excludes halogenated alkanes) is 1. The number of nitrogens with one attached hydrogen (secondary N) is 1. The smallest absolute Gasteiger partial charge is 0.153 e. The number of ketones is 2. The number of Topliss-reactive ketones (excluding diaryl/α,β-unsaturated/α-hetero) is 2. The Bertz CT molecular complexity index is 640. The fourth-order valence-electron chi connectivity index (χ4n) is 3.38. The molecule has 31 heavy (non-hydrogen) atoms. The quantitative estimate of drug-likeness (QED) is 0.241. The molecule has 0 amide bonds. The summed E-state index contributed by atoms with van der Waals surface area (Å²) in [4.78, 5) is 24.8. The molecular formula is C22H42N5O3S+. The Labute approximate surface area is 190 Å². The number of ether oxygens (including phenoxy) is 1. The van der Waals surface area contributed by atoms with Crippen molar-refractivity contribution in [3.8, 4) is 0 Å². The second-order valence-electron chi connectivity index (χ2n) is 8.11. The van der Waals surface area contributed by atoms with E-state index < -0.39 is 0 Å². The van der Waals surface area contributed by atoms with E-state index in [1.807, 2.05) is 10.9 Å². The predicted molar refractivity (Wildman–Crippen MR) is 127 cm³/mol. The monoisotopic (exact) mass is 456 g/mol. The lowest BCUT2D eigenvalue weighted by Gasteiger charge is -2.18. The van der Waals surface area contributed by atoms with E-state index in [0.717, 1.165) is 55.9 Å². The highest BCUT2D eigenvalue weighted by Crippen LogP contribution is 2.17. The summed E-state index contributed by atoms with van der Waals surface area (Å²) in [6, 6.07) is -0.190. The Kier molecular flexibility index (Phi) is 14.6. The molecule has 0 aliphatic heterocycles. The number of hydrogen-bond donors (Lipinski definition) is 2. The van der Waals surface area contributed by atoms with Crippen LogP contribution in [0, 0.1) is 5.92 Å². The van der Waals surface area contributed by atoms with Gasteiger partial charge in [-0.2, -0.15) is 0 Å². The predicted octanol–water partition coefficient (Wildman–Crippen LogP) is 1.72. The van der Waals surface area contributed by atoms with Crippen LogP contribution in [0.15, 0.2) is 6.20 Å². The third-order valence-electron chi connectivity index (χ3n) is 5.31. The fourth-order valence-corrected chi connectivity index (χ4v) is 4.85. The first-order chi connectivity index (χ1) is 14.9. The van der Waals surface area contributed by atoms with Gasteiger partial charge in [0, 0.05) is 25.4 Å². The van der Waals surface area contributed by atoms with Crippen molar-refractivity contribution in [1.82, 2.24) is 20.3 Å². The van der Waals surface area contributed by atoms with Gasteiger partial charge in [0.2, 0.25) is 0 Å². The summed E-state index contributed by atoms with van der Waals surface area (Å²) in [5.74, 6) is 1.76. The number of aromatic nitrogens is 3. The van der Waals surface area contributed by atoms with Crippen LogP contribution in [0.5, 0.6) is 0 Å². The Morgan fingerprint density at radius 3 is 2.71 bits per heavy atom. The minimum Gasteiger partial charge on any atom is -0.380 e. The van der Waals surface area contributed by atoms with Gasteiger partial charge in [-0.15, -0.1) is 5.10 Å². The van der Waals surface area contributed by atoms with Crippen molar-refractivity contribution in [3.63, 3.8) is 0 Å². The molecule has 0 aromatic carbocycles. The summed E-state index contributed by atoms with van der Waals surface area (Å²) >= 11 is 0. The zero-order valence-electron chi connectivity index (χ0n) is 19.8. The van der Waals surface area contributed by atoms with Crippen LogP contribution in [0.4, 0.5) is 0 Å². The molecule has 0 aliphatic carbocycles. The molecule has 178 valence electrons. The van der Waals surface area contributed by atoms with Gasteiger partial charge in [-0.05, 0) is 50.7 Å². The van der Waals surface area contributed by atoms with Gasteiger partial charge in [-0.3, -0.25) is 9.59 Å². The van der Waals surface area contributed by atoms with Crippen molar-refractivity contribution in [2.45, 2.75) is 70.7 Å². The van der Waals surface area contributed by atoms with Crippen molar-refractivity contribution in [2.75, 3.05) is 38.8 Å². The average molecular weight is 457 g/mol. The van der Waals surface area contributed by atoms with Crippen LogP contribution in [0.3, 0.4) is 0 Å². The first-order valence-electron chi connectivity index (χ1n) is 11.4. The molecule has 1 unspecified atom stereocenters. The van der Waals surface area contributed by atoms with Crippen molar-refractivity contribution >= 4 is 22.5 Å². The number of nitrogens with zero attached hydrogens (tertiary/aromatic N) is 3. The van der Waals surface area contributed by atoms with Crippen LogP contribution < -0.4 is 11.1 Å². The molecular weight excluding hydrogens is 414 g/mol. The minimum atomic E-state index is -0.209. The highest BCUT2D eigenvalue weighted by molar-refractivity contribution is 7.95. The normalized spacial score (nSPS) is 14.4. The first kappa shape index (κ1) is 27.7. The molecule has 0 radical (unpaired) electrons. The molecule has 3 N–H and O–H groups in total. The molecule has 1 aromatic rings. The summed E-state index contributed by atoms with van der Waals surface area (Å²) in [7, 11) is 1.88. The highest BCUT2D eigenvalue weighted by Gasteiger charge is 2.26. The van der Waals surface area contributed by atoms with E-state index in [1.165, 1.54) is 0 Å². The van der Waals surface area contributed by atoms with Crippen molar-refractivity contribution in [1.29, 1.82) is 0 Å². The van der Waals surface area contributed by atoms with Crippen LogP contribution in [-0.4, -0.2) is 71.4 Å². The third kappa shape index (κ3) is 11.8. The molecule has 0 spiro atoms. The summed E-state index contributed by atoms with van der Waals surface area (Å²) in [6.07, 6.45) is 8.83. The van der Waals surface area contributed by atoms with Crippen LogP contribution in [0.1, 0.15) is 58.1 Å². The molecule has 8 nitrogen and oxygen atoms in total. The van der Waals surface area contributed by atoms with E-state index in [1.54, 1.807) is 14.0 Å².